The minimum atomic E-state index is -0.192. The summed E-state index contributed by atoms with van der Waals surface area (Å²) in [5.74, 6) is 0.140. The SMILES string of the molecule is Cc1ccnn1CCC(=O)N1CCO[C@@H](CN2CCC(O)CC2)[C@@H]1c1ccccc1. The first-order valence-electron chi connectivity index (χ1n) is 11.0. The molecular formula is C23H32N4O3. The third-order valence-electron chi connectivity index (χ3n) is 6.28. The van der Waals surface area contributed by atoms with Crippen molar-refractivity contribution >= 4 is 5.91 Å². The van der Waals surface area contributed by atoms with Crippen LogP contribution in [0.3, 0.4) is 0 Å². The maximum Gasteiger partial charge on any atom is 0.225 e. The first-order valence-corrected chi connectivity index (χ1v) is 11.0. The molecule has 1 N–H and O–H groups in total. The first-order chi connectivity index (χ1) is 14.6. The van der Waals surface area contributed by atoms with E-state index < -0.39 is 0 Å². The largest absolute Gasteiger partial charge is 0.393 e. The Kier molecular flexibility index (Phi) is 6.82. The molecule has 162 valence electrons. The molecule has 0 spiro atoms. The Bertz CT molecular complexity index is 817. The van der Waals surface area contributed by atoms with Crippen LogP contribution < -0.4 is 0 Å². The number of likely N-dealkylation sites (tertiary alicyclic amines) is 1. The lowest BCUT2D eigenvalue weighted by atomic mass is 9.96. The highest BCUT2D eigenvalue weighted by Crippen LogP contribution is 2.31. The zero-order valence-electron chi connectivity index (χ0n) is 17.7. The van der Waals surface area contributed by atoms with Gasteiger partial charge in [0.25, 0.3) is 0 Å². The van der Waals surface area contributed by atoms with Crippen molar-refractivity contribution in [2.75, 3.05) is 32.8 Å². The van der Waals surface area contributed by atoms with Crippen LogP contribution >= 0.6 is 0 Å². The lowest BCUT2D eigenvalue weighted by Crippen LogP contribution is -2.53. The monoisotopic (exact) mass is 412 g/mol. The molecule has 0 unspecified atom stereocenters. The van der Waals surface area contributed by atoms with Crippen LogP contribution in [0.4, 0.5) is 0 Å². The van der Waals surface area contributed by atoms with E-state index in [4.69, 9.17) is 4.74 Å². The fraction of sp³-hybridized carbons (Fsp3) is 0.565. The van der Waals surface area contributed by atoms with E-state index in [9.17, 15) is 9.90 Å². The molecule has 0 bridgehead atoms. The lowest BCUT2D eigenvalue weighted by Gasteiger charge is -2.44. The zero-order valence-corrected chi connectivity index (χ0v) is 17.7. The average molecular weight is 413 g/mol. The molecule has 1 aromatic carbocycles. The molecule has 30 heavy (non-hydrogen) atoms. The number of hydrogen-bond donors (Lipinski definition) is 1. The number of ether oxygens (including phenoxy) is 1. The summed E-state index contributed by atoms with van der Waals surface area (Å²) in [7, 11) is 0. The van der Waals surface area contributed by atoms with Gasteiger partial charge in [-0.1, -0.05) is 30.3 Å². The second kappa shape index (κ2) is 9.73. The Labute approximate surface area is 178 Å². The Morgan fingerprint density at radius 3 is 2.63 bits per heavy atom. The topological polar surface area (TPSA) is 70.8 Å². The summed E-state index contributed by atoms with van der Waals surface area (Å²) in [6.07, 6.45) is 3.53. The van der Waals surface area contributed by atoms with Gasteiger partial charge in [0.15, 0.2) is 0 Å². The third-order valence-corrected chi connectivity index (χ3v) is 6.28. The van der Waals surface area contributed by atoms with Gasteiger partial charge in [-0.25, -0.2) is 0 Å². The van der Waals surface area contributed by atoms with Gasteiger partial charge in [-0.05, 0) is 31.4 Å². The number of carbonyl (C=O) groups is 1. The Morgan fingerprint density at radius 1 is 1.17 bits per heavy atom. The quantitative estimate of drug-likeness (QED) is 0.786. The van der Waals surface area contributed by atoms with Crippen molar-refractivity contribution in [3.63, 3.8) is 0 Å². The van der Waals surface area contributed by atoms with Gasteiger partial charge in [0.05, 0.1) is 24.9 Å². The molecular weight excluding hydrogens is 380 g/mol. The molecule has 0 radical (unpaired) electrons. The van der Waals surface area contributed by atoms with E-state index >= 15 is 0 Å². The predicted molar refractivity (Wildman–Crippen MR) is 114 cm³/mol. The molecule has 2 aliphatic heterocycles. The van der Waals surface area contributed by atoms with E-state index in [-0.39, 0.29) is 24.2 Å². The molecule has 7 heteroatoms. The molecule has 3 heterocycles. The van der Waals surface area contributed by atoms with Crippen molar-refractivity contribution in [1.82, 2.24) is 19.6 Å². The highest BCUT2D eigenvalue weighted by atomic mass is 16.5. The van der Waals surface area contributed by atoms with Crippen LogP contribution in [0.15, 0.2) is 42.6 Å². The van der Waals surface area contributed by atoms with Gasteiger partial charge in [-0.15, -0.1) is 0 Å². The first kappa shape index (κ1) is 21.0. The minimum Gasteiger partial charge on any atom is -0.393 e. The lowest BCUT2D eigenvalue weighted by molar-refractivity contribution is -0.149. The number of aryl methyl sites for hydroxylation is 2. The van der Waals surface area contributed by atoms with E-state index in [2.05, 4.69) is 22.1 Å². The molecule has 4 rings (SSSR count). The highest BCUT2D eigenvalue weighted by Gasteiger charge is 2.37. The van der Waals surface area contributed by atoms with Crippen LogP contribution in [0.2, 0.25) is 0 Å². The molecule has 0 aliphatic carbocycles. The number of piperidine rings is 1. The van der Waals surface area contributed by atoms with Crippen LogP contribution in [-0.4, -0.2) is 75.6 Å². The van der Waals surface area contributed by atoms with Gasteiger partial charge in [0.2, 0.25) is 5.91 Å². The maximum absolute atomic E-state index is 13.3. The predicted octanol–water partition coefficient (Wildman–Crippen LogP) is 2.01. The zero-order chi connectivity index (χ0) is 20.9. The van der Waals surface area contributed by atoms with Crippen molar-refractivity contribution in [3.05, 3.63) is 53.9 Å². The fourth-order valence-electron chi connectivity index (χ4n) is 4.54. The maximum atomic E-state index is 13.3. The van der Waals surface area contributed by atoms with Crippen molar-refractivity contribution in [2.24, 2.45) is 0 Å². The van der Waals surface area contributed by atoms with Crippen molar-refractivity contribution in [1.29, 1.82) is 0 Å². The molecule has 2 atom stereocenters. The number of morpholine rings is 1. The van der Waals surface area contributed by atoms with Gasteiger partial charge in [-0.3, -0.25) is 9.48 Å². The van der Waals surface area contributed by atoms with Gasteiger partial charge in [0, 0.05) is 51.0 Å². The van der Waals surface area contributed by atoms with Crippen molar-refractivity contribution in [2.45, 2.75) is 51.0 Å². The summed E-state index contributed by atoms with van der Waals surface area (Å²) in [5, 5.41) is 14.1. The summed E-state index contributed by atoms with van der Waals surface area (Å²) in [5.41, 5.74) is 2.18. The number of aliphatic hydroxyl groups is 1. The summed E-state index contributed by atoms with van der Waals surface area (Å²) >= 11 is 0. The second-order valence-corrected chi connectivity index (χ2v) is 8.33. The number of rotatable bonds is 6. The van der Waals surface area contributed by atoms with Crippen LogP contribution in [-0.2, 0) is 16.1 Å². The van der Waals surface area contributed by atoms with E-state index in [0.29, 0.717) is 26.1 Å². The molecule has 2 aliphatic rings. The van der Waals surface area contributed by atoms with E-state index in [0.717, 1.165) is 43.7 Å². The summed E-state index contributed by atoms with van der Waals surface area (Å²) < 4.78 is 8.09. The summed E-state index contributed by atoms with van der Waals surface area (Å²) in [6.45, 7) is 6.26. The fourth-order valence-corrected chi connectivity index (χ4v) is 4.54. The summed E-state index contributed by atoms with van der Waals surface area (Å²) in [4.78, 5) is 17.6. The molecule has 0 saturated carbocycles. The van der Waals surface area contributed by atoms with Gasteiger partial charge in [-0.2, -0.15) is 5.10 Å². The van der Waals surface area contributed by atoms with Gasteiger partial charge >= 0.3 is 0 Å². The minimum absolute atomic E-state index is 0.0771. The molecule has 2 fully saturated rings. The van der Waals surface area contributed by atoms with Crippen LogP contribution in [0, 0.1) is 6.92 Å². The normalized spacial score (nSPS) is 23.6. The summed E-state index contributed by atoms with van der Waals surface area (Å²) in [6, 6.07) is 12.1. The third kappa shape index (κ3) is 4.91. The van der Waals surface area contributed by atoms with Crippen LogP contribution in [0.1, 0.15) is 36.6 Å². The number of aromatic nitrogens is 2. The molecule has 7 nitrogen and oxygen atoms in total. The smallest absolute Gasteiger partial charge is 0.225 e. The number of aliphatic hydroxyl groups excluding tert-OH is 1. The second-order valence-electron chi connectivity index (χ2n) is 8.33. The molecule has 1 aromatic heterocycles. The Hall–Kier alpha value is -2.22. The standard InChI is InChI=1S/C23H32N4O3/c1-18-7-11-24-27(18)14-10-22(29)26-15-16-30-21(17-25-12-8-20(28)9-13-25)23(26)19-5-3-2-4-6-19/h2-7,11,20-21,23,28H,8-10,12-17H2,1H3/t21-,23-/m0/s1. The number of amides is 1. The highest BCUT2D eigenvalue weighted by molar-refractivity contribution is 5.77. The molecule has 1 amide bonds. The van der Waals surface area contributed by atoms with Crippen molar-refractivity contribution < 1.29 is 14.6 Å². The van der Waals surface area contributed by atoms with Crippen molar-refractivity contribution in [3.8, 4) is 0 Å². The van der Waals surface area contributed by atoms with Crippen LogP contribution in [0.5, 0.6) is 0 Å². The van der Waals surface area contributed by atoms with E-state index in [1.807, 2.05) is 40.8 Å². The number of benzene rings is 1. The Balaban J connectivity index is 1.49. The average Bonchev–Trinajstić information content (AvgIpc) is 3.19. The number of carbonyl (C=O) groups excluding carboxylic acids is 1. The Morgan fingerprint density at radius 2 is 1.93 bits per heavy atom. The van der Waals surface area contributed by atoms with E-state index in [1.54, 1.807) is 6.20 Å². The van der Waals surface area contributed by atoms with Gasteiger partial charge < -0.3 is 19.6 Å². The molecule has 2 saturated heterocycles. The van der Waals surface area contributed by atoms with Crippen LogP contribution in [0.25, 0.3) is 0 Å². The van der Waals surface area contributed by atoms with E-state index in [1.165, 1.54) is 0 Å². The van der Waals surface area contributed by atoms with Gasteiger partial charge in [0.1, 0.15) is 0 Å². The number of nitrogens with zero attached hydrogens (tertiary/aromatic N) is 4. The molecule has 2 aromatic rings. The number of hydrogen-bond acceptors (Lipinski definition) is 5.